The minimum Gasteiger partial charge on any atom is -0.501 e. The quantitative estimate of drug-likeness (QED) is 0.742. The highest BCUT2D eigenvalue weighted by Crippen LogP contribution is 2.23. The number of aliphatic imine (C=N–C) groups is 1. The van der Waals surface area contributed by atoms with Crippen molar-refractivity contribution in [1.29, 1.82) is 0 Å². The van der Waals surface area contributed by atoms with Crippen LogP contribution in [0.3, 0.4) is 0 Å². The number of hydrogen-bond acceptors (Lipinski definition) is 3. The SMILES string of the molecule is CN=C1CCCC/C1=C(/C)OC.COc1ccc(C)c(F)c1. The van der Waals surface area contributed by atoms with Gasteiger partial charge >= 0.3 is 0 Å². The van der Waals surface area contributed by atoms with E-state index in [4.69, 9.17) is 9.47 Å². The van der Waals surface area contributed by atoms with Crippen molar-refractivity contribution in [3.63, 3.8) is 0 Å². The number of ether oxygens (including phenoxy) is 2. The number of aryl methyl sites for hydroxylation is 1. The first-order valence-corrected chi connectivity index (χ1v) is 7.53. The molecule has 1 aromatic rings. The molecular formula is C18H26FNO2. The van der Waals surface area contributed by atoms with E-state index in [1.54, 1.807) is 26.2 Å². The highest BCUT2D eigenvalue weighted by Gasteiger charge is 2.15. The van der Waals surface area contributed by atoms with Gasteiger partial charge in [-0.25, -0.2) is 4.39 Å². The highest BCUT2D eigenvalue weighted by molar-refractivity contribution is 6.01. The van der Waals surface area contributed by atoms with Gasteiger partial charge in [-0.2, -0.15) is 0 Å². The number of allylic oxidation sites excluding steroid dienone is 2. The zero-order valence-corrected chi connectivity index (χ0v) is 14.2. The molecule has 2 rings (SSSR count). The largest absolute Gasteiger partial charge is 0.501 e. The maximum absolute atomic E-state index is 12.7. The highest BCUT2D eigenvalue weighted by atomic mass is 19.1. The summed E-state index contributed by atoms with van der Waals surface area (Å²) in [7, 11) is 5.11. The number of halogens is 1. The van der Waals surface area contributed by atoms with Crippen LogP contribution < -0.4 is 4.74 Å². The van der Waals surface area contributed by atoms with Crippen LogP contribution in [0.5, 0.6) is 5.75 Å². The van der Waals surface area contributed by atoms with E-state index in [1.165, 1.54) is 37.3 Å². The summed E-state index contributed by atoms with van der Waals surface area (Å²) in [5.41, 5.74) is 3.20. The smallest absolute Gasteiger partial charge is 0.129 e. The van der Waals surface area contributed by atoms with Gasteiger partial charge in [-0.05, 0) is 51.2 Å². The van der Waals surface area contributed by atoms with E-state index >= 15 is 0 Å². The second-order valence-corrected chi connectivity index (χ2v) is 5.23. The van der Waals surface area contributed by atoms with Gasteiger partial charge in [0.2, 0.25) is 0 Å². The molecule has 1 saturated carbocycles. The molecule has 0 bridgehead atoms. The lowest BCUT2D eigenvalue weighted by Crippen LogP contribution is -2.11. The molecule has 0 aromatic heterocycles. The summed E-state index contributed by atoms with van der Waals surface area (Å²) in [4.78, 5) is 4.28. The van der Waals surface area contributed by atoms with Crippen LogP contribution in [0.4, 0.5) is 4.39 Å². The summed E-state index contributed by atoms with van der Waals surface area (Å²) in [6.07, 6.45) is 4.79. The van der Waals surface area contributed by atoms with Crippen LogP contribution in [0.1, 0.15) is 38.2 Å². The molecule has 3 nitrogen and oxygen atoms in total. The molecule has 0 amide bonds. The molecule has 0 unspecified atom stereocenters. The van der Waals surface area contributed by atoms with Crippen molar-refractivity contribution in [3.8, 4) is 5.75 Å². The van der Waals surface area contributed by atoms with Crippen molar-refractivity contribution in [3.05, 3.63) is 40.9 Å². The molecule has 0 spiro atoms. The molecule has 122 valence electrons. The predicted molar refractivity (Wildman–Crippen MR) is 89.2 cm³/mol. The fourth-order valence-corrected chi connectivity index (χ4v) is 2.34. The van der Waals surface area contributed by atoms with Crippen LogP contribution >= 0.6 is 0 Å². The second-order valence-electron chi connectivity index (χ2n) is 5.23. The number of rotatable bonds is 2. The monoisotopic (exact) mass is 307 g/mol. The lowest BCUT2D eigenvalue weighted by atomic mass is 9.92. The first kappa shape index (κ1) is 18.2. The van der Waals surface area contributed by atoms with Gasteiger partial charge in [0, 0.05) is 24.4 Å². The van der Waals surface area contributed by atoms with Gasteiger partial charge in [0.1, 0.15) is 11.6 Å². The van der Waals surface area contributed by atoms with Crippen molar-refractivity contribution < 1.29 is 13.9 Å². The topological polar surface area (TPSA) is 30.8 Å². The van der Waals surface area contributed by atoms with Gasteiger partial charge in [-0.1, -0.05) is 6.07 Å². The molecule has 0 heterocycles. The summed E-state index contributed by atoms with van der Waals surface area (Å²) in [6.45, 7) is 3.74. The van der Waals surface area contributed by atoms with Crippen molar-refractivity contribution in [2.75, 3.05) is 21.3 Å². The summed E-state index contributed by atoms with van der Waals surface area (Å²) in [5.74, 6) is 1.37. The Morgan fingerprint density at radius 3 is 2.41 bits per heavy atom. The Kier molecular flexibility index (Phi) is 7.64. The van der Waals surface area contributed by atoms with Gasteiger partial charge in [0.05, 0.1) is 20.0 Å². The van der Waals surface area contributed by atoms with E-state index in [9.17, 15) is 4.39 Å². The van der Waals surface area contributed by atoms with E-state index in [-0.39, 0.29) is 5.82 Å². The standard InChI is InChI=1S/C10H17NO.C8H9FO/c1-8(12-3)9-6-4-5-7-10(9)11-2;1-6-3-4-7(10-2)5-8(6)9/h4-7H2,1-3H3;3-5H,1-2H3/b9-8+,11-10?;. The lowest BCUT2D eigenvalue weighted by Gasteiger charge is -2.18. The Labute approximate surface area is 132 Å². The summed E-state index contributed by atoms with van der Waals surface area (Å²) in [5, 5.41) is 0. The van der Waals surface area contributed by atoms with E-state index in [0.29, 0.717) is 11.3 Å². The molecule has 4 heteroatoms. The molecular weight excluding hydrogens is 281 g/mol. The predicted octanol–water partition coefficient (Wildman–Crippen LogP) is 4.69. The Morgan fingerprint density at radius 1 is 1.18 bits per heavy atom. The third-order valence-electron chi connectivity index (χ3n) is 3.82. The third kappa shape index (κ3) is 5.17. The first-order chi connectivity index (χ1) is 10.5. The molecule has 1 fully saturated rings. The molecule has 1 aliphatic rings. The maximum Gasteiger partial charge on any atom is 0.129 e. The van der Waals surface area contributed by atoms with E-state index in [1.807, 2.05) is 14.0 Å². The minimum absolute atomic E-state index is 0.223. The van der Waals surface area contributed by atoms with Gasteiger partial charge in [-0.15, -0.1) is 0 Å². The average molecular weight is 307 g/mol. The third-order valence-corrected chi connectivity index (χ3v) is 3.82. The second kappa shape index (κ2) is 9.23. The van der Waals surface area contributed by atoms with E-state index < -0.39 is 0 Å². The molecule has 0 N–H and O–H groups in total. The van der Waals surface area contributed by atoms with Crippen molar-refractivity contribution in [1.82, 2.24) is 0 Å². The fourth-order valence-electron chi connectivity index (χ4n) is 2.34. The van der Waals surface area contributed by atoms with E-state index in [2.05, 4.69) is 4.99 Å². The summed E-state index contributed by atoms with van der Waals surface area (Å²) >= 11 is 0. The van der Waals surface area contributed by atoms with Crippen LogP contribution in [0, 0.1) is 12.7 Å². The fraction of sp³-hybridized carbons (Fsp3) is 0.500. The molecule has 0 aliphatic heterocycles. The molecule has 22 heavy (non-hydrogen) atoms. The number of nitrogens with zero attached hydrogens (tertiary/aromatic N) is 1. The summed E-state index contributed by atoms with van der Waals surface area (Å²) in [6, 6.07) is 4.79. The van der Waals surface area contributed by atoms with Crippen molar-refractivity contribution in [2.24, 2.45) is 4.99 Å². The van der Waals surface area contributed by atoms with Crippen molar-refractivity contribution in [2.45, 2.75) is 39.5 Å². The molecule has 1 aliphatic carbocycles. The van der Waals surface area contributed by atoms with Crippen LogP contribution in [0.2, 0.25) is 0 Å². The zero-order valence-electron chi connectivity index (χ0n) is 14.2. The van der Waals surface area contributed by atoms with Crippen molar-refractivity contribution >= 4 is 5.71 Å². The number of benzene rings is 1. The normalized spacial score (nSPS) is 18.4. The van der Waals surface area contributed by atoms with Gasteiger partial charge < -0.3 is 9.47 Å². The van der Waals surface area contributed by atoms with Crippen LogP contribution in [0.15, 0.2) is 34.5 Å². The Hall–Kier alpha value is -1.84. The van der Waals surface area contributed by atoms with Crippen LogP contribution in [-0.2, 0) is 4.74 Å². The van der Waals surface area contributed by atoms with Gasteiger partial charge in [0.15, 0.2) is 0 Å². The van der Waals surface area contributed by atoms with Gasteiger partial charge in [0.25, 0.3) is 0 Å². The summed E-state index contributed by atoms with van der Waals surface area (Å²) < 4.78 is 22.7. The minimum atomic E-state index is -0.223. The molecule has 0 atom stereocenters. The Morgan fingerprint density at radius 2 is 1.86 bits per heavy atom. The Balaban J connectivity index is 0.000000224. The van der Waals surface area contributed by atoms with Crippen LogP contribution in [0.25, 0.3) is 0 Å². The molecule has 1 aromatic carbocycles. The van der Waals surface area contributed by atoms with Crippen LogP contribution in [-0.4, -0.2) is 27.0 Å². The van der Waals surface area contributed by atoms with E-state index in [0.717, 1.165) is 18.6 Å². The van der Waals surface area contributed by atoms with Gasteiger partial charge in [-0.3, -0.25) is 4.99 Å². The average Bonchev–Trinajstić information content (AvgIpc) is 2.57. The Bertz CT molecular complexity index is 547. The lowest BCUT2D eigenvalue weighted by molar-refractivity contribution is 0.288. The zero-order chi connectivity index (χ0) is 16.5. The molecule has 0 saturated heterocycles. The number of methoxy groups -OCH3 is 2. The maximum atomic E-state index is 12.7. The first-order valence-electron chi connectivity index (χ1n) is 7.53. The molecule has 0 radical (unpaired) electrons. The number of hydrogen-bond donors (Lipinski definition) is 0.